The standard InChI is InChI=1S/C31H30O5/c1-2-30(32)35-22-21-34-29-23-28(33-19-17-24-11-5-3-6-12-24)26-15-9-10-16-27(26)31(29)36-20-18-25-13-7-4-8-14-25/h2-16,23H,1,17-22H2. The van der Waals surface area contributed by atoms with Crippen molar-refractivity contribution in [1.29, 1.82) is 0 Å². The third-order valence-electron chi connectivity index (χ3n) is 5.65. The van der Waals surface area contributed by atoms with Crippen molar-refractivity contribution in [2.75, 3.05) is 26.4 Å². The minimum atomic E-state index is -0.485. The summed E-state index contributed by atoms with van der Waals surface area (Å²) < 4.78 is 23.6. The number of benzene rings is 4. The first-order valence-electron chi connectivity index (χ1n) is 12.1. The number of hydrogen-bond acceptors (Lipinski definition) is 5. The molecule has 0 aliphatic heterocycles. The molecular weight excluding hydrogens is 452 g/mol. The maximum absolute atomic E-state index is 11.4. The van der Waals surface area contributed by atoms with Gasteiger partial charge in [-0.25, -0.2) is 4.79 Å². The summed E-state index contributed by atoms with van der Waals surface area (Å²) in [5.41, 5.74) is 2.41. The van der Waals surface area contributed by atoms with Gasteiger partial charge in [0.2, 0.25) is 0 Å². The fourth-order valence-corrected chi connectivity index (χ4v) is 3.86. The van der Waals surface area contributed by atoms with E-state index < -0.39 is 5.97 Å². The molecule has 0 aliphatic carbocycles. The van der Waals surface area contributed by atoms with E-state index in [-0.39, 0.29) is 13.2 Å². The number of ether oxygens (including phenoxy) is 4. The van der Waals surface area contributed by atoms with E-state index in [0.717, 1.165) is 35.4 Å². The first kappa shape index (κ1) is 24.9. The van der Waals surface area contributed by atoms with Crippen molar-refractivity contribution in [2.45, 2.75) is 12.8 Å². The van der Waals surface area contributed by atoms with Crippen LogP contribution in [0.15, 0.2) is 104 Å². The van der Waals surface area contributed by atoms with Crippen LogP contribution in [0.1, 0.15) is 11.1 Å². The summed E-state index contributed by atoms with van der Waals surface area (Å²) in [5.74, 6) is 1.43. The molecule has 0 radical (unpaired) electrons. The molecule has 0 heterocycles. The predicted octanol–water partition coefficient (Wildman–Crippen LogP) is 6.19. The monoisotopic (exact) mass is 482 g/mol. The van der Waals surface area contributed by atoms with Gasteiger partial charge in [-0.05, 0) is 11.1 Å². The van der Waals surface area contributed by atoms with Gasteiger partial charge in [0.05, 0.1) is 13.2 Å². The van der Waals surface area contributed by atoms with E-state index in [0.29, 0.717) is 24.7 Å². The van der Waals surface area contributed by atoms with Gasteiger partial charge in [-0.2, -0.15) is 0 Å². The Morgan fingerprint density at radius 3 is 1.83 bits per heavy atom. The average molecular weight is 483 g/mol. The van der Waals surface area contributed by atoms with Crippen LogP contribution in [0.4, 0.5) is 0 Å². The van der Waals surface area contributed by atoms with Gasteiger partial charge in [-0.1, -0.05) is 91.5 Å². The summed E-state index contributed by atoms with van der Waals surface area (Å²) in [6.45, 7) is 4.71. The Bertz CT molecular complexity index is 1270. The van der Waals surface area contributed by atoms with Crippen molar-refractivity contribution in [3.63, 3.8) is 0 Å². The van der Waals surface area contributed by atoms with Crippen LogP contribution >= 0.6 is 0 Å². The van der Waals surface area contributed by atoms with Crippen molar-refractivity contribution < 1.29 is 23.7 Å². The highest BCUT2D eigenvalue weighted by Crippen LogP contribution is 2.42. The second-order valence-electron chi connectivity index (χ2n) is 8.14. The highest BCUT2D eigenvalue weighted by Gasteiger charge is 2.16. The average Bonchev–Trinajstić information content (AvgIpc) is 2.93. The maximum Gasteiger partial charge on any atom is 0.330 e. The van der Waals surface area contributed by atoms with Crippen LogP contribution in [0.5, 0.6) is 17.2 Å². The number of esters is 1. The SMILES string of the molecule is C=CC(=O)OCCOc1cc(OCCc2ccccc2)c2ccccc2c1OCCc1ccccc1. The quantitative estimate of drug-likeness (QED) is 0.129. The normalized spacial score (nSPS) is 10.6. The van der Waals surface area contributed by atoms with Crippen molar-refractivity contribution in [3.05, 3.63) is 115 Å². The summed E-state index contributed by atoms with van der Waals surface area (Å²) in [7, 11) is 0. The van der Waals surface area contributed by atoms with Crippen LogP contribution in [-0.2, 0) is 22.4 Å². The zero-order valence-electron chi connectivity index (χ0n) is 20.2. The van der Waals surface area contributed by atoms with Gasteiger partial charge in [0.1, 0.15) is 19.0 Å². The zero-order valence-corrected chi connectivity index (χ0v) is 20.2. The van der Waals surface area contributed by atoms with Crippen molar-refractivity contribution in [2.24, 2.45) is 0 Å². The Morgan fingerprint density at radius 2 is 1.19 bits per heavy atom. The van der Waals surface area contributed by atoms with E-state index in [1.54, 1.807) is 0 Å². The Hall–Kier alpha value is -4.25. The molecule has 4 aromatic rings. The molecule has 5 heteroatoms. The van der Waals surface area contributed by atoms with Crippen LogP contribution in [-0.4, -0.2) is 32.4 Å². The van der Waals surface area contributed by atoms with Crippen LogP contribution in [0.25, 0.3) is 10.8 Å². The molecule has 0 aromatic heterocycles. The number of carbonyl (C=O) groups excluding carboxylic acids is 1. The molecule has 36 heavy (non-hydrogen) atoms. The van der Waals surface area contributed by atoms with Gasteiger partial charge in [0, 0.05) is 35.8 Å². The number of carbonyl (C=O) groups is 1. The number of hydrogen-bond donors (Lipinski definition) is 0. The Balaban J connectivity index is 1.55. The second kappa shape index (κ2) is 13.0. The molecule has 0 saturated heterocycles. The third-order valence-corrected chi connectivity index (χ3v) is 5.65. The van der Waals surface area contributed by atoms with Gasteiger partial charge in [0.15, 0.2) is 11.5 Å². The lowest BCUT2D eigenvalue weighted by molar-refractivity contribution is -0.138. The maximum atomic E-state index is 11.4. The molecule has 4 rings (SSSR count). The van der Waals surface area contributed by atoms with Gasteiger partial charge < -0.3 is 18.9 Å². The van der Waals surface area contributed by atoms with E-state index in [4.69, 9.17) is 18.9 Å². The largest absolute Gasteiger partial charge is 0.492 e. The lowest BCUT2D eigenvalue weighted by atomic mass is 10.1. The van der Waals surface area contributed by atoms with Gasteiger partial charge in [-0.15, -0.1) is 0 Å². The highest BCUT2D eigenvalue weighted by molar-refractivity contribution is 5.95. The minimum Gasteiger partial charge on any atom is -0.492 e. The molecule has 0 unspecified atom stereocenters. The summed E-state index contributed by atoms with van der Waals surface area (Å²) in [5, 5.41) is 1.85. The van der Waals surface area contributed by atoms with Gasteiger partial charge >= 0.3 is 5.97 Å². The van der Waals surface area contributed by atoms with Gasteiger partial charge in [-0.3, -0.25) is 0 Å². The van der Waals surface area contributed by atoms with Crippen molar-refractivity contribution >= 4 is 16.7 Å². The molecule has 4 aromatic carbocycles. The molecule has 0 N–H and O–H groups in total. The van der Waals surface area contributed by atoms with Crippen LogP contribution in [0.3, 0.4) is 0 Å². The number of fused-ring (bicyclic) bond motifs is 1. The minimum absolute atomic E-state index is 0.103. The molecule has 5 nitrogen and oxygen atoms in total. The molecule has 184 valence electrons. The molecule has 0 bridgehead atoms. The predicted molar refractivity (Wildman–Crippen MR) is 142 cm³/mol. The van der Waals surface area contributed by atoms with Gasteiger partial charge in [0.25, 0.3) is 0 Å². The topological polar surface area (TPSA) is 54.0 Å². The Labute approximate surface area is 211 Å². The highest BCUT2D eigenvalue weighted by atomic mass is 16.6. The van der Waals surface area contributed by atoms with E-state index in [2.05, 4.69) is 30.8 Å². The fourth-order valence-electron chi connectivity index (χ4n) is 3.86. The summed E-state index contributed by atoms with van der Waals surface area (Å²) in [4.78, 5) is 11.4. The molecular formula is C31H30O5. The molecule has 0 fully saturated rings. The molecule has 0 aliphatic rings. The van der Waals surface area contributed by atoms with Crippen LogP contribution < -0.4 is 14.2 Å². The van der Waals surface area contributed by atoms with E-state index in [9.17, 15) is 4.79 Å². The summed E-state index contributed by atoms with van der Waals surface area (Å²) in [6, 6.07) is 30.3. The summed E-state index contributed by atoms with van der Waals surface area (Å²) in [6.07, 6.45) is 2.69. The van der Waals surface area contributed by atoms with Crippen molar-refractivity contribution in [3.8, 4) is 17.2 Å². The number of rotatable bonds is 13. The Kier molecular flexibility index (Phi) is 8.98. The lowest BCUT2D eigenvalue weighted by Crippen LogP contribution is -2.12. The van der Waals surface area contributed by atoms with Crippen LogP contribution in [0.2, 0.25) is 0 Å². The second-order valence-corrected chi connectivity index (χ2v) is 8.14. The van der Waals surface area contributed by atoms with E-state index >= 15 is 0 Å². The zero-order chi connectivity index (χ0) is 25.0. The first-order chi connectivity index (χ1) is 17.7. The first-order valence-corrected chi connectivity index (χ1v) is 12.1. The van der Waals surface area contributed by atoms with Crippen molar-refractivity contribution in [1.82, 2.24) is 0 Å². The van der Waals surface area contributed by atoms with Crippen LogP contribution in [0, 0.1) is 0 Å². The summed E-state index contributed by atoms with van der Waals surface area (Å²) >= 11 is 0. The molecule has 0 atom stereocenters. The van der Waals surface area contributed by atoms with E-state index in [1.165, 1.54) is 11.1 Å². The smallest absolute Gasteiger partial charge is 0.330 e. The molecule has 0 spiro atoms. The lowest BCUT2D eigenvalue weighted by Gasteiger charge is -2.18. The van der Waals surface area contributed by atoms with E-state index in [1.807, 2.05) is 66.7 Å². The molecule has 0 saturated carbocycles. The Morgan fingerprint density at radius 1 is 0.639 bits per heavy atom. The fraction of sp³-hybridized carbons (Fsp3) is 0.194. The third kappa shape index (κ3) is 6.89. The molecule has 0 amide bonds.